The summed E-state index contributed by atoms with van der Waals surface area (Å²) in [6.07, 6.45) is -0.756. The van der Waals surface area contributed by atoms with Gasteiger partial charge in [-0.05, 0) is 81.0 Å². The molecule has 1 fully saturated rings. The number of aromatic nitrogens is 3. The fourth-order valence-corrected chi connectivity index (χ4v) is 5.07. The van der Waals surface area contributed by atoms with E-state index in [-0.39, 0.29) is 23.4 Å². The van der Waals surface area contributed by atoms with E-state index < -0.39 is 29.0 Å². The van der Waals surface area contributed by atoms with Gasteiger partial charge in [0.05, 0.1) is 33.8 Å². The van der Waals surface area contributed by atoms with Crippen LogP contribution in [0.1, 0.15) is 27.9 Å². The Morgan fingerprint density at radius 3 is 2.61 bits per heavy atom. The minimum Gasteiger partial charge on any atom is -0.438 e. The van der Waals surface area contributed by atoms with E-state index in [1.54, 1.807) is 45.4 Å². The predicted octanol–water partition coefficient (Wildman–Crippen LogP) is 6.23. The van der Waals surface area contributed by atoms with E-state index in [1.807, 2.05) is 11.9 Å². The number of alkyl halides is 3. The van der Waals surface area contributed by atoms with Gasteiger partial charge in [-0.3, -0.25) is 4.79 Å². The highest BCUT2D eigenvalue weighted by molar-refractivity contribution is 6.06. The van der Waals surface area contributed by atoms with Crippen molar-refractivity contribution in [1.29, 1.82) is 0 Å². The first-order chi connectivity index (χ1) is 20.9. The summed E-state index contributed by atoms with van der Waals surface area (Å²) >= 11 is 0. The molecule has 2 aromatic heterocycles. The van der Waals surface area contributed by atoms with Gasteiger partial charge in [0, 0.05) is 39.1 Å². The standard InChI is InChI=1S/C31H31F4N7O2/c1-18-14-23(32)22(16-27(18)44-29-21(6-5-11-37-29)24-9-12-38-30(36-2)40-24)28(43)39-25-15-19(31(33,34)35)7-8-26(25)42(4)20-10-13-41(3)17-20/h5-9,11-12,14-16,20H,10,13,17H2,1-4H3,(H,39,43)(H,36,38,40). The van der Waals surface area contributed by atoms with Gasteiger partial charge in [0.15, 0.2) is 0 Å². The molecule has 13 heteroatoms. The summed E-state index contributed by atoms with van der Waals surface area (Å²) in [5, 5.41) is 5.39. The summed E-state index contributed by atoms with van der Waals surface area (Å²) in [7, 11) is 5.41. The number of ether oxygens (including phenoxy) is 1. The first-order valence-corrected chi connectivity index (χ1v) is 13.8. The normalized spacial score (nSPS) is 15.2. The van der Waals surface area contributed by atoms with Gasteiger partial charge < -0.3 is 25.2 Å². The van der Waals surface area contributed by atoms with Gasteiger partial charge in [-0.25, -0.2) is 19.3 Å². The lowest BCUT2D eigenvalue weighted by Crippen LogP contribution is -2.34. The van der Waals surface area contributed by atoms with Crippen LogP contribution in [0, 0.1) is 12.7 Å². The van der Waals surface area contributed by atoms with Gasteiger partial charge in [0.25, 0.3) is 5.91 Å². The van der Waals surface area contributed by atoms with Crippen molar-refractivity contribution in [2.45, 2.75) is 25.6 Å². The number of amides is 1. The number of aryl methyl sites for hydroxylation is 1. The van der Waals surface area contributed by atoms with E-state index >= 15 is 4.39 Å². The Morgan fingerprint density at radius 1 is 1.11 bits per heavy atom. The van der Waals surface area contributed by atoms with Gasteiger partial charge in [0.2, 0.25) is 11.8 Å². The van der Waals surface area contributed by atoms with Crippen LogP contribution >= 0.6 is 0 Å². The number of carbonyl (C=O) groups is 1. The third-order valence-corrected chi connectivity index (χ3v) is 7.51. The Morgan fingerprint density at radius 2 is 1.91 bits per heavy atom. The number of carbonyl (C=O) groups excluding carboxylic acids is 1. The number of hydrogen-bond donors (Lipinski definition) is 2. The molecule has 4 aromatic rings. The number of pyridine rings is 1. The van der Waals surface area contributed by atoms with Crippen molar-refractivity contribution in [3.05, 3.63) is 83.4 Å². The molecule has 0 aliphatic carbocycles. The third-order valence-electron chi connectivity index (χ3n) is 7.51. The number of likely N-dealkylation sites (tertiary alicyclic amines) is 1. The van der Waals surface area contributed by atoms with Crippen molar-refractivity contribution in [2.24, 2.45) is 0 Å². The molecule has 0 radical (unpaired) electrons. The molecule has 3 heterocycles. The van der Waals surface area contributed by atoms with Gasteiger partial charge in [-0.1, -0.05) is 0 Å². The maximum atomic E-state index is 15.2. The van der Waals surface area contributed by atoms with Gasteiger partial charge in [-0.2, -0.15) is 13.2 Å². The van der Waals surface area contributed by atoms with Crippen LogP contribution in [-0.2, 0) is 6.18 Å². The van der Waals surface area contributed by atoms with E-state index in [1.165, 1.54) is 18.3 Å². The molecule has 2 aromatic carbocycles. The smallest absolute Gasteiger partial charge is 0.416 e. The molecule has 1 unspecified atom stereocenters. The Kier molecular flexibility index (Phi) is 8.68. The molecule has 1 atom stereocenters. The summed E-state index contributed by atoms with van der Waals surface area (Å²) in [6, 6.07) is 10.6. The van der Waals surface area contributed by atoms with Gasteiger partial charge in [0.1, 0.15) is 11.6 Å². The van der Waals surface area contributed by atoms with E-state index in [4.69, 9.17) is 4.74 Å². The van der Waals surface area contributed by atoms with Gasteiger partial charge >= 0.3 is 6.18 Å². The molecule has 0 spiro atoms. The van der Waals surface area contributed by atoms with Crippen molar-refractivity contribution < 1.29 is 27.1 Å². The highest BCUT2D eigenvalue weighted by atomic mass is 19.4. The van der Waals surface area contributed by atoms with Crippen LogP contribution in [0.4, 0.5) is 34.9 Å². The molecular formula is C31H31F4N7O2. The average Bonchev–Trinajstić information content (AvgIpc) is 3.44. The Labute approximate surface area is 251 Å². The molecule has 2 N–H and O–H groups in total. The van der Waals surface area contributed by atoms with Crippen molar-refractivity contribution in [3.63, 3.8) is 0 Å². The number of likely N-dealkylation sites (N-methyl/N-ethyl adjacent to an activating group) is 2. The van der Waals surface area contributed by atoms with Crippen LogP contribution in [0.15, 0.2) is 60.9 Å². The van der Waals surface area contributed by atoms with E-state index in [9.17, 15) is 18.0 Å². The predicted molar refractivity (Wildman–Crippen MR) is 160 cm³/mol. The second-order valence-electron chi connectivity index (χ2n) is 10.6. The zero-order valence-corrected chi connectivity index (χ0v) is 24.5. The Bertz CT molecular complexity index is 1680. The number of halogens is 4. The monoisotopic (exact) mass is 609 g/mol. The largest absolute Gasteiger partial charge is 0.438 e. The SMILES string of the molecule is CNc1nccc(-c2cccnc2Oc2cc(C(=O)Nc3cc(C(F)(F)F)ccc3N(C)C3CCN(C)C3)c(F)cc2C)n1. The van der Waals surface area contributed by atoms with Crippen LogP contribution < -0.4 is 20.3 Å². The second kappa shape index (κ2) is 12.4. The molecule has 1 aliphatic heterocycles. The summed E-state index contributed by atoms with van der Waals surface area (Å²) in [6.45, 7) is 3.14. The van der Waals surface area contributed by atoms with Crippen LogP contribution in [0.25, 0.3) is 11.3 Å². The minimum atomic E-state index is -4.64. The number of hydrogen-bond acceptors (Lipinski definition) is 8. The van der Waals surface area contributed by atoms with E-state index in [2.05, 4.69) is 30.5 Å². The zero-order chi connectivity index (χ0) is 31.6. The van der Waals surface area contributed by atoms with E-state index in [0.29, 0.717) is 35.0 Å². The van der Waals surface area contributed by atoms with Crippen molar-refractivity contribution in [3.8, 4) is 22.9 Å². The van der Waals surface area contributed by atoms with Crippen LogP contribution in [0.2, 0.25) is 0 Å². The number of rotatable bonds is 8. The molecular weight excluding hydrogens is 578 g/mol. The summed E-state index contributed by atoms with van der Waals surface area (Å²) in [4.78, 5) is 30.3. The average molecular weight is 610 g/mol. The summed E-state index contributed by atoms with van der Waals surface area (Å²) < 4.78 is 62.2. The molecule has 1 amide bonds. The summed E-state index contributed by atoms with van der Waals surface area (Å²) in [5.41, 5.74) is 0.374. The van der Waals surface area contributed by atoms with Crippen LogP contribution in [-0.4, -0.2) is 66.0 Å². The highest BCUT2D eigenvalue weighted by Crippen LogP contribution is 2.38. The lowest BCUT2D eigenvalue weighted by molar-refractivity contribution is -0.137. The Hall–Kier alpha value is -4.78. The molecule has 1 saturated heterocycles. The molecule has 0 saturated carbocycles. The molecule has 1 aliphatic rings. The molecule has 44 heavy (non-hydrogen) atoms. The number of benzene rings is 2. The van der Waals surface area contributed by atoms with Crippen molar-refractivity contribution in [2.75, 3.05) is 49.8 Å². The zero-order valence-electron chi connectivity index (χ0n) is 24.5. The number of anilines is 3. The number of nitrogens with one attached hydrogen (secondary N) is 2. The fourth-order valence-electron chi connectivity index (χ4n) is 5.07. The molecule has 0 bridgehead atoms. The first-order valence-electron chi connectivity index (χ1n) is 13.8. The van der Waals surface area contributed by atoms with Crippen molar-refractivity contribution in [1.82, 2.24) is 19.9 Å². The minimum absolute atomic E-state index is 0.0233. The molecule has 9 nitrogen and oxygen atoms in total. The van der Waals surface area contributed by atoms with E-state index in [0.717, 1.165) is 31.2 Å². The highest BCUT2D eigenvalue weighted by Gasteiger charge is 2.33. The fraction of sp³-hybridized carbons (Fsp3) is 0.290. The van der Waals surface area contributed by atoms with Crippen molar-refractivity contribution >= 4 is 23.2 Å². The quantitative estimate of drug-likeness (QED) is 0.227. The Balaban J connectivity index is 1.47. The first kappa shape index (κ1) is 30.7. The molecule has 230 valence electrons. The van der Waals surface area contributed by atoms with Gasteiger partial charge in [-0.15, -0.1) is 0 Å². The molecule has 5 rings (SSSR count). The maximum absolute atomic E-state index is 15.2. The number of nitrogens with zero attached hydrogens (tertiary/aromatic N) is 5. The topological polar surface area (TPSA) is 95.5 Å². The second-order valence-corrected chi connectivity index (χ2v) is 10.6. The summed E-state index contributed by atoms with van der Waals surface area (Å²) in [5.74, 6) is -1.12. The third kappa shape index (κ3) is 6.57. The lowest BCUT2D eigenvalue weighted by Gasteiger charge is -2.29. The lowest BCUT2D eigenvalue weighted by atomic mass is 10.1. The maximum Gasteiger partial charge on any atom is 0.416 e. The van der Waals surface area contributed by atoms with Crippen LogP contribution in [0.5, 0.6) is 11.6 Å². The van der Waals surface area contributed by atoms with Crippen LogP contribution in [0.3, 0.4) is 0 Å².